The van der Waals surface area contributed by atoms with Crippen molar-refractivity contribution < 1.29 is 14.4 Å². The molecule has 0 saturated carbocycles. The first-order valence-corrected chi connectivity index (χ1v) is 10.4. The number of Topliss-reactive ketones (excluding diaryl/α,β-unsaturated/α-hetero) is 1. The van der Waals surface area contributed by atoms with E-state index >= 15 is 0 Å². The van der Waals surface area contributed by atoms with Gasteiger partial charge in [-0.25, -0.2) is 0 Å². The summed E-state index contributed by atoms with van der Waals surface area (Å²) in [4.78, 5) is 34.7. The summed E-state index contributed by atoms with van der Waals surface area (Å²) < 4.78 is 0. The minimum Gasteiger partial charge on any atom is -0.354 e. The lowest BCUT2D eigenvalue weighted by Gasteiger charge is -2.08. The molecule has 0 spiro atoms. The average molecular weight is 369 g/mol. The molecule has 0 radical (unpaired) electrons. The van der Waals surface area contributed by atoms with Crippen LogP contribution in [-0.4, -0.2) is 30.2 Å². The molecule has 2 amide bonds. The zero-order chi connectivity index (χ0) is 19.8. The van der Waals surface area contributed by atoms with Crippen molar-refractivity contribution in [1.82, 2.24) is 10.6 Å². The number of hydrogen-bond acceptors (Lipinski definition) is 3. The van der Waals surface area contributed by atoms with Crippen molar-refractivity contribution in [2.24, 2.45) is 5.92 Å². The molecule has 0 aliphatic carbocycles. The molecule has 5 nitrogen and oxygen atoms in total. The number of carbonyl (C=O) groups is 3. The van der Waals surface area contributed by atoms with Crippen LogP contribution in [0.3, 0.4) is 0 Å². The third kappa shape index (κ3) is 17.4. The summed E-state index contributed by atoms with van der Waals surface area (Å²) >= 11 is 0. The predicted molar refractivity (Wildman–Crippen MR) is 107 cm³/mol. The van der Waals surface area contributed by atoms with Gasteiger partial charge in [0.2, 0.25) is 11.8 Å². The second-order valence-corrected chi connectivity index (χ2v) is 7.96. The smallest absolute Gasteiger partial charge is 0.220 e. The second kappa shape index (κ2) is 15.8. The van der Waals surface area contributed by atoms with Gasteiger partial charge in [-0.15, -0.1) is 0 Å². The highest BCUT2D eigenvalue weighted by atomic mass is 16.2. The Hall–Kier alpha value is -1.39. The highest BCUT2D eigenvalue weighted by Gasteiger charge is 2.07. The summed E-state index contributed by atoms with van der Waals surface area (Å²) in [6.45, 7) is 8.14. The van der Waals surface area contributed by atoms with Crippen molar-refractivity contribution in [3.05, 3.63) is 0 Å². The summed E-state index contributed by atoms with van der Waals surface area (Å²) in [6, 6.07) is 0.227. The second-order valence-electron chi connectivity index (χ2n) is 7.96. The molecule has 2 N–H and O–H groups in total. The molecule has 5 heteroatoms. The van der Waals surface area contributed by atoms with Crippen molar-refractivity contribution in [2.75, 3.05) is 6.54 Å². The highest BCUT2D eigenvalue weighted by molar-refractivity contribution is 5.86. The van der Waals surface area contributed by atoms with Gasteiger partial charge in [-0.2, -0.15) is 0 Å². The summed E-state index contributed by atoms with van der Waals surface area (Å²) in [6.07, 6.45) is 10.4. The van der Waals surface area contributed by atoms with Gasteiger partial charge in [0.25, 0.3) is 0 Å². The van der Waals surface area contributed by atoms with E-state index < -0.39 is 0 Å². The van der Waals surface area contributed by atoms with Crippen molar-refractivity contribution in [3.8, 4) is 0 Å². The van der Waals surface area contributed by atoms with Gasteiger partial charge >= 0.3 is 0 Å². The molecule has 0 aromatic rings. The number of unbranched alkanes of at least 4 members (excludes halogenated alkanes) is 7. The van der Waals surface area contributed by atoms with Crippen LogP contribution < -0.4 is 10.6 Å². The number of hydrogen-bond donors (Lipinski definition) is 2. The summed E-state index contributed by atoms with van der Waals surface area (Å²) in [5.74, 6) is 0.595. The van der Waals surface area contributed by atoms with Crippen LogP contribution in [0.1, 0.15) is 98.3 Å². The molecule has 0 rings (SSSR count). The Bertz CT molecular complexity index is 406. The van der Waals surface area contributed by atoms with Crippen LogP contribution in [-0.2, 0) is 14.4 Å². The molecule has 0 aliphatic heterocycles. The van der Waals surface area contributed by atoms with Crippen LogP contribution in [0.5, 0.6) is 0 Å². The highest BCUT2D eigenvalue weighted by Crippen LogP contribution is 2.10. The van der Waals surface area contributed by atoms with Crippen LogP contribution in [0.4, 0.5) is 0 Å². The fraction of sp³-hybridized carbons (Fsp3) is 0.857. The standard InChI is InChI=1S/C21H40N2O3/c1-17(2)15-19(24)16-22-20(25)13-11-9-7-5-6-8-10-12-14-21(26)23-18(3)4/h17-18H,5-16H2,1-4H3,(H,22,25)(H,23,26). The largest absolute Gasteiger partial charge is 0.354 e. The Balaban J connectivity index is 3.36. The van der Waals surface area contributed by atoms with E-state index in [4.69, 9.17) is 0 Å². The molecule has 152 valence electrons. The molecule has 0 bridgehead atoms. The minimum atomic E-state index is -0.0122. The Morgan fingerprint density at radius 1 is 0.692 bits per heavy atom. The lowest BCUT2D eigenvalue weighted by molar-refractivity contribution is -0.125. The summed E-state index contributed by atoms with van der Waals surface area (Å²) in [7, 11) is 0. The van der Waals surface area contributed by atoms with E-state index in [1.165, 1.54) is 19.3 Å². The molecule has 0 saturated heterocycles. The molecule has 0 atom stereocenters. The molecule has 0 unspecified atom stereocenters. The van der Waals surface area contributed by atoms with Gasteiger partial charge < -0.3 is 10.6 Å². The molecule has 26 heavy (non-hydrogen) atoms. The van der Waals surface area contributed by atoms with E-state index in [2.05, 4.69) is 10.6 Å². The number of ketones is 1. The van der Waals surface area contributed by atoms with E-state index in [0.29, 0.717) is 25.2 Å². The van der Waals surface area contributed by atoms with Crippen LogP contribution >= 0.6 is 0 Å². The Morgan fingerprint density at radius 2 is 1.15 bits per heavy atom. The zero-order valence-corrected chi connectivity index (χ0v) is 17.4. The number of rotatable bonds is 16. The fourth-order valence-corrected chi connectivity index (χ4v) is 2.84. The Labute approximate surface area is 160 Å². The predicted octanol–water partition coefficient (Wildman–Crippen LogP) is 4.14. The van der Waals surface area contributed by atoms with Crippen molar-refractivity contribution >= 4 is 17.6 Å². The zero-order valence-electron chi connectivity index (χ0n) is 17.4. The number of carbonyl (C=O) groups excluding carboxylic acids is 3. The van der Waals surface area contributed by atoms with Crippen molar-refractivity contribution in [1.29, 1.82) is 0 Å². The van der Waals surface area contributed by atoms with E-state index in [1.807, 2.05) is 27.7 Å². The lowest BCUT2D eigenvalue weighted by atomic mass is 10.1. The quantitative estimate of drug-likeness (QED) is 0.402. The molecule has 0 fully saturated rings. The van der Waals surface area contributed by atoms with Gasteiger partial charge in [-0.1, -0.05) is 52.4 Å². The first-order valence-electron chi connectivity index (χ1n) is 10.4. The maximum Gasteiger partial charge on any atom is 0.220 e. The van der Waals surface area contributed by atoms with E-state index in [-0.39, 0.29) is 30.2 Å². The van der Waals surface area contributed by atoms with Crippen molar-refractivity contribution in [2.45, 2.75) is 104 Å². The van der Waals surface area contributed by atoms with E-state index in [0.717, 1.165) is 32.1 Å². The summed E-state index contributed by atoms with van der Waals surface area (Å²) in [5, 5.41) is 5.62. The number of amides is 2. The molecule has 0 aromatic heterocycles. The molecule has 0 heterocycles. The van der Waals surface area contributed by atoms with Gasteiger partial charge in [0.05, 0.1) is 6.54 Å². The number of nitrogens with one attached hydrogen (secondary N) is 2. The molecule has 0 aromatic carbocycles. The Kier molecular flexibility index (Phi) is 15.0. The maximum atomic E-state index is 11.7. The van der Waals surface area contributed by atoms with Crippen LogP contribution in [0.25, 0.3) is 0 Å². The maximum absolute atomic E-state index is 11.7. The normalized spacial score (nSPS) is 11.0. The molecular weight excluding hydrogens is 328 g/mol. The lowest BCUT2D eigenvalue weighted by Crippen LogP contribution is -2.29. The van der Waals surface area contributed by atoms with E-state index in [1.54, 1.807) is 0 Å². The Morgan fingerprint density at radius 3 is 1.62 bits per heavy atom. The van der Waals surface area contributed by atoms with Gasteiger partial charge in [-0.3, -0.25) is 14.4 Å². The first-order chi connectivity index (χ1) is 12.3. The van der Waals surface area contributed by atoms with Gasteiger partial charge in [0.15, 0.2) is 5.78 Å². The van der Waals surface area contributed by atoms with Crippen LogP contribution in [0.15, 0.2) is 0 Å². The third-order valence-corrected chi connectivity index (χ3v) is 4.13. The average Bonchev–Trinajstić information content (AvgIpc) is 2.53. The van der Waals surface area contributed by atoms with Crippen LogP contribution in [0.2, 0.25) is 0 Å². The van der Waals surface area contributed by atoms with Gasteiger partial charge in [-0.05, 0) is 32.6 Å². The van der Waals surface area contributed by atoms with Gasteiger partial charge in [0, 0.05) is 25.3 Å². The summed E-state index contributed by atoms with van der Waals surface area (Å²) in [5.41, 5.74) is 0. The topological polar surface area (TPSA) is 75.3 Å². The minimum absolute atomic E-state index is 0.0122. The van der Waals surface area contributed by atoms with Crippen molar-refractivity contribution in [3.63, 3.8) is 0 Å². The SMILES string of the molecule is CC(C)CC(=O)CNC(=O)CCCCCCCCCCC(=O)NC(C)C. The monoisotopic (exact) mass is 368 g/mol. The third-order valence-electron chi connectivity index (χ3n) is 4.13. The first kappa shape index (κ1) is 24.6. The molecular formula is C21H40N2O3. The van der Waals surface area contributed by atoms with E-state index in [9.17, 15) is 14.4 Å². The molecule has 0 aliphatic rings. The van der Waals surface area contributed by atoms with Crippen LogP contribution in [0, 0.1) is 5.92 Å². The van der Waals surface area contributed by atoms with Gasteiger partial charge in [0.1, 0.15) is 0 Å². The fourth-order valence-electron chi connectivity index (χ4n) is 2.84.